The maximum absolute atomic E-state index is 13.3. The second-order valence-electron chi connectivity index (χ2n) is 7.60. The molecule has 7 nitrogen and oxygen atoms in total. The zero-order chi connectivity index (χ0) is 23.4. The van der Waals surface area contributed by atoms with E-state index in [0.29, 0.717) is 33.8 Å². The predicted molar refractivity (Wildman–Crippen MR) is 128 cm³/mol. The van der Waals surface area contributed by atoms with E-state index in [-0.39, 0.29) is 11.8 Å². The number of hydrogen-bond acceptors (Lipinski definition) is 4. The van der Waals surface area contributed by atoms with E-state index < -0.39 is 0 Å². The van der Waals surface area contributed by atoms with E-state index in [1.165, 1.54) is 4.90 Å². The molecule has 0 saturated heterocycles. The first-order chi connectivity index (χ1) is 16.0. The average molecular weight is 441 g/mol. The SMILES string of the molecule is COc1ccccc1-c1nn(-c2ccccc2)cc1C(=O)Nc1ccc(C(=O)N(C)C)cc1. The first-order valence-electron chi connectivity index (χ1n) is 10.4. The van der Waals surface area contributed by atoms with E-state index in [1.807, 2.05) is 54.6 Å². The molecule has 4 aromatic rings. The Morgan fingerprint density at radius 2 is 1.58 bits per heavy atom. The third-order valence-corrected chi connectivity index (χ3v) is 5.14. The van der Waals surface area contributed by atoms with Crippen LogP contribution < -0.4 is 10.1 Å². The lowest BCUT2D eigenvalue weighted by molar-refractivity contribution is 0.0827. The normalized spacial score (nSPS) is 10.5. The number of nitrogens with one attached hydrogen (secondary N) is 1. The number of hydrogen-bond donors (Lipinski definition) is 1. The summed E-state index contributed by atoms with van der Waals surface area (Å²) in [6.45, 7) is 0. The zero-order valence-corrected chi connectivity index (χ0v) is 18.6. The van der Waals surface area contributed by atoms with Gasteiger partial charge in [-0.25, -0.2) is 4.68 Å². The minimum Gasteiger partial charge on any atom is -0.496 e. The van der Waals surface area contributed by atoms with E-state index >= 15 is 0 Å². The summed E-state index contributed by atoms with van der Waals surface area (Å²) in [5.74, 6) is 0.205. The lowest BCUT2D eigenvalue weighted by Gasteiger charge is -2.11. The molecule has 1 aromatic heterocycles. The number of carbonyl (C=O) groups is 2. The van der Waals surface area contributed by atoms with Gasteiger partial charge in [0.05, 0.1) is 18.4 Å². The number of aromatic nitrogens is 2. The molecule has 33 heavy (non-hydrogen) atoms. The van der Waals surface area contributed by atoms with Crippen LogP contribution in [0.2, 0.25) is 0 Å². The lowest BCUT2D eigenvalue weighted by atomic mass is 10.1. The van der Waals surface area contributed by atoms with Crippen molar-refractivity contribution in [3.63, 3.8) is 0 Å². The Balaban J connectivity index is 1.70. The number of benzene rings is 3. The summed E-state index contributed by atoms with van der Waals surface area (Å²) in [6, 6.07) is 23.8. The van der Waals surface area contributed by atoms with Gasteiger partial charge in [-0.15, -0.1) is 0 Å². The molecule has 1 heterocycles. The lowest BCUT2D eigenvalue weighted by Crippen LogP contribution is -2.21. The molecular formula is C26H24N4O3. The monoisotopic (exact) mass is 440 g/mol. The number of methoxy groups -OCH3 is 1. The average Bonchev–Trinajstić information content (AvgIpc) is 3.30. The van der Waals surface area contributed by atoms with Gasteiger partial charge >= 0.3 is 0 Å². The first-order valence-corrected chi connectivity index (χ1v) is 10.4. The van der Waals surface area contributed by atoms with Crippen LogP contribution in [0.5, 0.6) is 5.75 Å². The standard InChI is InChI=1S/C26H24N4O3/c1-29(2)26(32)18-13-15-19(16-14-18)27-25(31)22-17-30(20-9-5-4-6-10-20)28-24(22)21-11-7-8-12-23(21)33-3/h4-17H,1-3H3,(H,27,31). The van der Waals surface area contributed by atoms with Crippen LogP contribution in [-0.4, -0.2) is 47.7 Å². The number of ether oxygens (including phenoxy) is 1. The molecule has 0 bridgehead atoms. The fraction of sp³-hybridized carbons (Fsp3) is 0.115. The van der Waals surface area contributed by atoms with Crippen molar-refractivity contribution in [3.8, 4) is 22.7 Å². The minimum absolute atomic E-state index is 0.101. The van der Waals surface area contributed by atoms with Crippen LogP contribution >= 0.6 is 0 Å². The van der Waals surface area contributed by atoms with Gasteiger partial charge in [0.1, 0.15) is 11.4 Å². The van der Waals surface area contributed by atoms with Gasteiger partial charge in [-0.05, 0) is 48.5 Å². The van der Waals surface area contributed by atoms with Crippen molar-refractivity contribution in [1.29, 1.82) is 0 Å². The third kappa shape index (κ3) is 4.62. The number of nitrogens with zero attached hydrogens (tertiary/aromatic N) is 3. The number of amides is 2. The van der Waals surface area contributed by atoms with Gasteiger partial charge < -0.3 is 15.0 Å². The highest BCUT2D eigenvalue weighted by atomic mass is 16.5. The third-order valence-electron chi connectivity index (χ3n) is 5.14. The Kier molecular flexibility index (Phi) is 6.22. The molecule has 0 fully saturated rings. The molecule has 0 aliphatic carbocycles. The molecule has 4 rings (SSSR count). The predicted octanol–water partition coefficient (Wildman–Crippen LogP) is 4.50. The molecule has 2 amide bonds. The van der Waals surface area contributed by atoms with Crippen molar-refractivity contribution >= 4 is 17.5 Å². The number of rotatable bonds is 6. The Labute approximate surface area is 192 Å². The topological polar surface area (TPSA) is 76.5 Å². The molecule has 7 heteroatoms. The van der Waals surface area contributed by atoms with Crippen LogP contribution in [-0.2, 0) is 0 Å². The fourth-order valence-corrected chi connectivity index (χ4v) is 3.45. The van der Waals surface area contributed by atoms with Crippen LogP contribution in [0.25, 0.3) is 16.9 Å². The van der Waals surface area contributed by atoms with E-state index in [4.69, 9.17) is 9.84 Å². The van der Waals surface area contributed by atoms with Gasteiger partial charge in [0.25, 0.3) is 11.8 Å². The summed E-state index contributed by atoms with van der Waals surface area (Å²) in [5.41, 5.74) is 3.58. The van der Waals surface area contributed by atoms with Gasteiger partial charge in [-0.3, -0.25) is 9.59 Å². The van der Waals surface area contributed by atoms with E-state index in [0.717, 1.165) is 5.69 Å². The second kappa shape index (κ2) is 9.40. The summed E-state index contributed by atoms with van der Waals surface area (Å²) in [4.78, 5) is 26.9. The highest BCUT2D eigenvalue weighted by Gasteiger charge is 2.21. The van der Waals surface area contributed by atoms with Crippen molar-refractivity contribution in [1.82, 2.24) is 14.7 Å². The van der Waals surface area contributed by atoms with Crippen molar-refractivity contribution in [2.75, 3.05) is 26.5 Å². The molecule has 0 radical (unpaired) electrons. The Bertz CT molecular complexity index is 1280. The molecule has 0 unspecified atom stereocenters. The Morgan fingerprint density at radius 3 is 2.24 bits per heavy atom. The Morgan fingerprint density at radius 1 is 0.909 bits per heavy atom. The van der Waals surface area contributed by atoms with Crippen LogP contribution in [0.3, 0.4) is 0 Å². The molecule has 0 spiro atoms. The molecule has 0 atom stereocenters. The van der Waals surface area contributed by atoms with Crippen molar-refractivity contribution in [2.24, 2.45) is 0 Å². The van der Waals surface area contributed by atoms with Crippen LogP contribution in [0.15, 0.2) is 85.1 Å². The smallest absolute Gasteiger partial charge is 0.259 e. The first kappa shape index (κ1) is 21.8. The van der Waals surface area contributed by atoms with Gasteiger partial charge in [0, 0.05) is 37.1 Å². The van der Waals surface area contributed by atoms with Gasteiger partial charge in [0.2, 0.25) is 0 Å². The fourth-order valence-electron chi connectivity index (χ4n) is 3.45. The minimum atomic E-state index is -0.315. The van der Waals surface area contributed by atoms with Gasteiger partial charge in [-0.2, -0.15) is 5.10 Å². The number of carbonyl (C=O) groups excluding carboxylic acids is 2. The number of para-hydroxylation sites is 2. The maximum atomic E-state index is 13.3. The molecular weight excluding hydrogens is 416 g/mol. The van der Waals surface area contributed by atoms with Crippen LogP contribution in [0.1, 0.15) is 20.7 Å². The Hall–Kier alpha value is -4.39. The molecule has 166 valence electrons. The summed E-state index contributed by atoms with van der Waals surface area (Å²) >= 11 is 0. The van der Waals surface area contributed by atoms with Crippen molar-refractivity contribution in [2.45, 2.75) is 0 Å². The maximum Gasteiger partial charge on any atom is 0.259 e. The van der Waals surface area contributed by atoms with Gasteiger partial charge in [-0.1, -0.05) is 30.3 Å². The largest absolute Gasteiger partial charge is 0.496 e. The van der Waals surface area contributed by atoms with Crippen LogP contribution in [0, 0.1) is 0 Å². The van der Waals surface area contributed by atoms with Gasteiger partial charge in [0.15, 0.2) is 0 Å². The van der Waals surface area contributed by atoms with Crippen molar-refractivity contribution in [3.05, 3.63) is 96.2 Å². The highest BCUT2D eigenvalue weighted by molar-refractivity contribution is 6.08. The molecule has 3 aromatic carbocycles. The van der Waals surface area contributed by atoms with E-state index in [2.05, 4.69) is 5.32 Å². The van der Waals surface area contributed by atoms with Crippen LogP contribution in [0.4, 0.5) is 5.69 Å². The summed E-state index contributed by atoms with van der Waals surface area (Å²) < 4.78 is 7.18. The number of anilines is 1. The van der Waals surface area contributed by atoms with E-state index in [9.17, 15) is 9.59 Å². The summed E-state index contributed by atoms with van der Waals surface area (Å²) in [5, 5.41) is 7.61. The molecule has 1 N–H and O–H groups in total. The highest BCUT2D eigenvalue weighted by Crippen LogP contribution is 2.32. The zero-order valence-electron chi connectivity index (χ0n) is 18.6. The summed E-state index contributed by atoms with van der Waals surface area (Å²) in [7, 11) is 4.98. The molecule has 0 aliphatic rings. The molecule has 0 aliphatic heterocycles. The molecule has 0 saturated carbocycles. The quantitative estimate of drug-likeness (QED) is 0.479. The summed E-state index contributed by atoms with van der Waals surface area (Å²) in [6.07, 6.45) is 1.70. The second-order valence-corrected chi connectivity index (χ2v) is 7.60. The van der Waals surface area contributed by atoms with Crippen molar-refractivity contribution < 1.29 is 14.3 Å². The van der Waals surface area contributed by atoms with E-state index in [1.54, 1.807) is 56.3 Å².